The molecule has 3 heterocycles. The number of ether oxygens (including phenoxy) is 2. The van der Waals surface area contributed by atoms with Gasteiger partial charge in [0.15, 0.2) is 0 Å². The van der Waals surface area contributed by atoms with E-state index in [1.54, 1.807) is 6.20 Å². The Morgan fingerprint density at radius 3 is 2.77 bits per heavy atom. The van der Waals surface area contributed by atoms with Gasteiger partial charge in [0.1, 0.15) is 11.4 Å². The van der Waals surface area contributed by atoms with Crippen molar-refractivity contribution in [2.75, 3.05) is 26.2 Å². The Morgan fingerprint density at radius 1 is 1.15 bits per heavy atom. The second-order valence-electron chi connectivity index (χ2n) is 7.33. The summed E-state index contributed by atoms with van der Waals surface area (Å²) in [6.07, 6.45) is 6.26. The van der Waals surface area contributed by atoms with Crippen molar-refractivity contribution in [3.05, 3.63) is 42.1 Å². The largest absolute Gasteiger partial charge is 0.487 e. The molecule has 0 aliphatic carbocycles. The average molecular weight is 352 g/mol. The first-order valence-electron chi connectivity index (χ1n) is 9.85. The van der Waals surface area contributed by atoms with Gasteiger partial charge < -0.3 is 14.4 Å². The van der Waals surface area contributed by atoms with Crippen molar-refractivity contribution in [3.63, 3.8) is 0 Å². The minimum absolute atomic E-state index is 0.0466. The highest BCUT2D eigenvalue weighted by Gasteiger charge is 2.39. The van der Waals surface area contributed by atoms with Gasteiger partial charge in [0.2, 0.25) is 5.88 Å². The third-order valence-corrected chi connectivity index (χ3v) is 5.81. The van der Waals surface area contributed by atoms with Crippen LogP contribution in [0.3, 0.4) is 0 Å². The molecule has 0 atom stereocenters. The molecule has 1 fully saturated rings. The number of benzene rings is 1. The van der Waals surface area contributed by atoms with Gasteiger partial charge >= 0.3 is 0 Å². The van der Waals surface area contributed by atoms with Gasteiger partial charge in [-0.05, 0) is 74.5 Å². The van der Waals surface area contributed by atoms with Crippen LogP contribution in [0.4, 0.5) is 0 Å². The van der Waals surface area contributed by atoms with Gasteiger partial charge in [-0.2, -0.15) is 0 Å². The van der Waals surface area contributed by atoms with E-state index in [1.807, 2.05) is 13.0 Å². The summed E-state index contributed by atoms with van der Waals surface area (Å²) in [7, 11) is 0. The van der Waals surface area contributed by atoms with Crippen LogP contribution in [0.25, 0.3) is 11.1 Å². The maximum atomic E-state index is 6.55. The Hall–Kier alpha value is -2.07. The van der Waals surface area contributed by atoms with Crippen molar-refractivity contribution >= 4 is 0 Å². The first-order chi connectivity index (χ1) is 12.7. The Labute approximate surface area is 156 Å². The minimum atomic E-state index is 0.0466. The van der Waals surface area contributed by atoms with Crippen molar-refractivity contribution in [3.8, 4) is 22.8 Å². The number of likely N-dealkylation sites (tertiary alicyclic amines) is 1. The highest BCUT2D eigenvalue weighted by Crippen LogP contribution is 2.41. The first-order valence-corrected chi connectivity index (χ1v) is 9.85. The Morgan fingerprint density at radius 2 is 2.00 bits per heavy atom. The number of aryl methyl sites for hydroxylation is 1. The lowest BCUT2D eigenvalue weighted by molar-refractivity contribution is -0.0132. The molecular weight excluding hydrogens is 324 g/mol. The number of piperidine rings is 1. The van der Waals surface area contributed by atoms with Gasteiger partial charge in [-0.1, -0.05) is 13.0 Å². The maximum absolute atomic E-state index is 6.55. The standard InChI is InChI=1S/C22H28N2O2/c1-3-24-14-11-22(12-15-24)10-9-18-16-17(7-8-20(18)26-22)19-6-5-13-23-21(19)25-4-2/h5-8,13,16H,3-4,9-12,14-15H2,1-2H3. The van der Waals surface area contributed by atoms with Crippen LogP contribution in [0.2, 0.25) is 0 Å². The van der Waals surface area contributed by atoms with Gasteiger partial charge in [0.05, 0.1) is 6.61 Å². The Bertz CT molecular complexity index is 766. The zero-order valence-electron chi connectivity index (χ0n) is 15.8. The van der Waals surface area contributed by atoms with Crippen LogP contribution < -0.4 is 9.47 Å². The number of pyridine rings is 1. The van der Waals surface area contributed by atoms with Gasteiger partial charge in [-0.15, -0.1) is 0 Å². The molecule has 2 aliphatic rings. The molecule has 0 saturated carbocycles. The van der Waals surface area contributed by atoms with E-state index in [1.165, 1.54) is 5.56 Å². The van der Waals surface area contributed by atoms with Crippen LogP contribution >= 0.6 is 0 Å². The SMILES string of the molecule is CCOc1ncccc1-c1ccc2c(c1)CCC1(CCN(CC)CC1)O2. The summed E-state index contributed by atoms with van der Waals surface area (Å²) >= 11 is 0. The smallest absolute Gasteiger partial charge is 0.221 e. The molecule has 138 valence electrons. The number of hydrogen-bond donors (Lipinski definition) is 0. The number of nitrogens with zero attached hydrogens (tertiary/aromatic N) is 2. The first kappa shape index (κ1) is 17.3. The lowest BCUT2D eigenvalue weighted by Gasteiger charge is -2.44. The lowest BCUT2D eigenvalue weighted by atomic mass is 9.82. The summed E-state index contributed by atoms with van der Waals surface area (Å²) in [5.74, 6) is 1.77. The monoisotopic (exact) mass is 352 g/mol. The number of aromatic nitrogens is 1. The zero-order valence-corrected chi connectivity index (χ0v) is 15.8. The molecule has 1 saturated heterocycles. The summed E-state index contributed by atoms with van der Waals surface area (Å²) < 4.78 is 12.2. The minimum Gasteiger partial charge on any atom is -0.487 e. The van der Waals surface area contributed by atoms with E-state index >= 15 is 0 Å². The van der Waals surface area contributed by atoms with Crippen molar-refractivity contribution < 1.29 is 9.47 Å². The normalized spacial score (nSPS) is 19.0. The van der Waals surface area contributed by atoms with Crippen LogP contribution in [0, 0.1) is 0 Å². The highest BCUT2D eigenvalue weighted by atomic mass is 16.5. The Balaban J connectivity index is 1.57. The highest BCUT2D eigenvalue weighted by molar-refractivity contribution is 5.70. The average Bonchev–Trinajstić information content (AvgIpc) is 2.69. The molecule has 0 N–H and O–H groups in total. The molecule has 1 aromatic carbocycles. The molecule has 0 radical (unpaired) electrons. The van der Waals surface area contributed by atoms with Crippen LogP contribution in [0.1, 0.15) is 38.7 Å². The third-order valence-electron chi connectivity index (χ3n) is 5.81. The molecule has 0 amide bonds. The summed E-state index contributed by atoms with van der Waals surface area (Å²) in [5, 5.41) is 0. The fourth-order valence-corrected chi connectivity index (χ4v) is 4.18. The Kier molecular flexibility index (Phi) is 4.86. The van der Waals surface area contributed by atoms with Gasteiger partial charge in [0, 0.05) is 24.8 Å². The second kappa shape index (κ2) is 7.28. The molecule has 1 spiro atoms. The fourth-order valence-electron chi connectivity index (χ4n) is 4.18. The zero-order chi connectivity index (χ0) is 18.0. The molecule has 2 aromatic rings. The second-order valence-corrected chi connectivity index (χ2v) is 7.33. The van der Waals surface area contributed by atoms with Crippen LogP contribution in [-0.2, 0) is 6.42 Å². The van der Waals surface area contributed by atoms with E-state index in [4.69, 9.17) is 9.47 Å². The molecule has 4 heteroatoms. The summed E-state index contributed by atoms with van der Waals surface area (Å²) in [6, 6.07) is 10.6. The molecule has 26 heavy (non-hydrogen) atoms. The quantitative estimate of drug-likeness (QED) is 0.820. The predicted molar refractivity (Wildman–Crippen MR) is 104 cm³/mol. The summed E-state index contributed by atoms with van der Waals surface area (Å²) in [4.78, 5) is 6.90. The molecule has 4 nitrogen and oxygen atoms in total. The topological polar surface area (TPSA) is 34.6 Å². The molecule has 4 rings (SSSR count). The summed E-state index contributed by atoms with van der Waals surface area (Å²) in [6.45, 7) is 8.29. The molecule has 0 unspecified atom stereocenters. The van der Waals surface area contributed by atoms with Crippen LogP contribution in [-0.4, -0.2) is 41.7 Å². The molecular formula is C22H28N2O2. The van der Waals surface area contributed by atoms with E-state index in [9.17, 15) is 0 Å². The van der Waals surface area contributed by atoms with E-state index < -0.39 is 0 Å². The van der Waals surface area contributed by atoms with Crippen molar-refractivity contribution in [1.29, 1.82) is 0 Å². The fraction of sp³-hybridized carbons (Fsp3) is 0.500. The summed E-state index contributed by atoms with van der Waals surface area (Å²) in [5.41, 5.74) is 3.55. The van der Waals surface area contributed by atoms with Crippen molar-refractivity contribution in [2.45, 2.75) is 45.1 Å². The van der Waals surface area contributed by atoms with E-state index in [-0.39, 0.29) is 5.60 Å². The molecule has 0 bridgehead atoms. The van der Waals surface area contributed by atoms with E-state index in [2.05, 4.69) is 41.1 Å². The van der Waals surface area contributed by atoms with Crippen LogP contribution in [0.5, 0.6) is 11.6 Å². The van der Waals surface area contributed by atoms with Gasteiger partial charge in [0.25, 0.3) is 0 Å². The van der Waals surface area contributed by atoms with Crippen LogP contribution in [0.15, 0.2) is 36.5 Å². The lowest BCUT2D eigenvalue weighted by Crippen LogP contribution is -2.49. The third kappa shape index (κ3) is 3.30. The molecule has 2 aliphatic heterocycles. The van der Waals surface area contributed by atoms with Crippen molar-refractivity contribution in [2.24, 2.45) is 0 Å². The van der Waals surface area contributed by atoms with Gasteiger partial charge in [-0.25, -0.2) is 4.98 Å². The van der Waals surface area contributed by atoms with E-state index in [0.29, 0.717) is 12.5 Å². The number of fused-ring (bicyclic) bond motifs is 1. The number of hydrogen-bond acceptors (Lipinski definition) is 4. The predicted octanol–water partition coefficient (Wildman–Crippen LogP) is 4.33. The number of rotatable bonds is 4. The van der Waals surface area contributed by atoms with Gasteiger partial charge in [-0.3, -0.25) is 0 Å². The molecule has 1 aromatic heterocycles. The van der Waals surface area contributed by atoms with E-state index in [0.717, 1.165) is 62.2 Å². The maximum Gasteiger partial charge on any atom is 0.221 e. The van der Waals surface area contributed by atoms with Crippen molar-refractivity contribution in [1.82, 2.24) is 9.88 Å².